The van der Waals surface area contributed by atoms with E-state index in [-0.39, 0.29) is 5.75 Å². The first-order valence-corrected chi connectivity index (χ1v) is 7.84. The molecule has 0 bridgehead atoms. The lowest BCUT2D eigenvalue weighted by atomic mass is 10.1. The van der Waals surface area contributed by atoms with Crippen LogP contribution in [-0.4, -0.2) is 42.1 Å². The van der Waals surface area contributed by atoms with E-state index in [0.717, 1.165) is 25.7 Å². The molecule has 1 heterocycles. The zero-order valence-corrected chi connectivity index (χ0v) is 10.7. The average molecular weight is 261 g/mol. The molecule has 1 N–H and O–H groups in total. The Hall–Kier alpha value is -0.620. The summed E-state index contributed by atoms with van der Waals surface area (Å²) in [7, 11) is -3.38. The van der Waals surface area contributed by atoms with Crippen LogP contribution in [0.15, 0.2) is 0 Å². The molecule has 1 saturated carbocycles. The molecule has 0 aromatic rings. The van der Waals surface area contributed by atoms with Crippen molar-refractivity contribution in [1.82, 2.24) is 4.31 Å². The number of nitrogens with zero attached hydrogens (tertiary/aromatic N) is 1. The van der Waals surface area contributed by atoms with Crippen molar-refractivity contribution in [3.63, 3.8) is 0 Å². The lowest BCUT2D eigenvalue weighted by Crippen LogP contribution is -2.48. The monoisotopic (exact) mass is 261 g/mol. The van der Waals surface area contributed by atoms with Gasteiger partial charge in [0.15, 0.2) is 0 Å². The Morgan fingerprint density at radius 1 is 1.24 bits per heavy atom. The second kappa shape index (κ2) is 4.94. The highest BCUT2D eigenvalue weighted by Gasteiger charge is 2.37. The van der Waals surface area contributed by atoms with Gasteiger partial charge in [-0.3, -0.25) is 4.79 Å². The van der Waals surface area contributed by atoms with Crippen molar-refractivity contribution in [2.24, 2.45) is 5.92 Å². The fourth-order valence-electron chi connectivity index (χ4n) is 2.32. The minimum absolute atomic E-state index is 0.113. The van der Waals surface area contributed by atoms with E-state index in [1.165, 1.54) is 4.31 Å². The number of rotatable bonds is 5. The summed E-state index contributed by atoms with van der Waals surface area (Å²) in [5.74, 6) is -0.348. The predicted molar refractivity (Wildman–Crippen MR) is 63.1 cm³/mol. The Morgan fingerprint density at radius 3 is 2.53 bits per heavy atom. The molecule has 1 aliphatic heterocycles. The number of hydrogen-bond acceptors (Lipinski definition) is 3. The largest absolute Gasteiger partial charge is 0.480 e. The van der Waals surface area contributed by atoms with Crippen LogP contribution in [0.2, 0.25) is 0 Å². The Balaban J connectivity index is 2.02. The van der Waals surface area contributed by atoms with Crippen LogP contribution < -0.4 is 0 Å². The van der Waals surface area contributed by atoms with Crippen molar-refractivity contribution in [2.75, 3.05) is 12.3 Å². The molecule has 0 radical (unpaired) electrons. The molecular weight excluding hydrogens is 242 g/mol. The second-order valence-corrected chi connectivity index (χ2v) is 7.05. The minimum Gasteiger partial charge on any atom is -0.480 e. The third kappa shape index (κ3) is 3.19. The van der Waals surface area contributed by atoms with Gasteiger partial charge in [0.1, 0.15) is 6.04 Å². The van der Waals surface area contributed by atoms with E-state index in [2.05, 4.69) is 0 Å². The first-order chi connectivity index (χ1) is 8.00. The maximum absolute atomic E-state index is 12.1. The van der Waals surface area contributed by atoms with E-state index in [0.29, 0.717) is 25.3 Å². The molecule has 2 fully saturated rings. The first-order valence-electron chi connectivity index (χ1n) is 6.23. The standard InChI is InChI=1S/C11H19NO4S/c13-11(14)10-3-1-2-7-12(10)17(15,16)8-6-9-4-5-9/h9-10H,1-8H2,(H,13,14). The Labute approximate surface area is 102 Å². The normalized spacial score (nSPS) is 26.9. The summed E-state index contributed by atoms with van der Waals surface area (Å²) in [5, 5.41) is 9.06. The zero-order valence-electron chi connectivity index (χ0n) is 9.84. The smallest absolute Gasteiger partial charge is 0.322 e. The number of carboxylic acids is 1. The summed E-state index contributed by atoms with van der Waals surface area (Å²) < 4.78 is 25.4. The summed E-state index contributed by atoms with van der Waals surface area (Å²) >= 11 is 0. The van der Waals surface area contributed by atoms with Crippen LogP contribution in [-0.2, 0) is 14.8 Å². The van der Waals surface area contributed by atoms with Gasteiger partial charge in [0.05, 0.1) is 5.75 Å². The SMILES string of the molecule is O=C(O)C1CCCCN1S(=O)(=O)CCC1CC1. The third-order valence-electron chi connectivity index (χ3n) is 3.58. The van der Waals surface area contributed by atoms with E-state index in [4.69, 9.17) is 5.11 Å². The van der Waals surface area contributed by atoms with E-state index in [9.17, 15) is 13.2 Å². The summed E-state index contributed by atoms with van der Waals surface area (Å²) in [4.78, 5) is 11.1. The third-order valence-corrected chi connectivity index (χ3v) is 5.48. The predicted octanol–water partition coefficient (Wildman–Crippen LogP) is 1.06. The molecule has 0 aromatic heterocycles. The van der Waals surface area contributed by atoms with Crippen LogP contribution in [0.5, 0.6) is 0 Å². The van der Waals surface area contributed by atoms with E-state index < -0.39 is 22.0 Å². The van der Waals surface area contributed by atoms with Crippen molar-refractivity contribution >= 4 is 16.0 Å². The van der Waals surface area contributed by atoms with Gasteiger partial charge < -0.3 is 5.11 Å². The number of carboxylic acid groups (broad SMARTS) is 1. The van der Waals surface area contributed by atoms with Gasteiger partial charge in [-0.1, -0.05) is 12.8 Å². The maximum Gasteiger partial charge on any atom is 0.322 e. The van der Waals surface area contributed by atoms with Crippen molar-refractivity contribution in [3.8, 4) is 0 Å². The molecule has 1 aliphatic carbocycles. The topological polar surface area (TPSA) is 74.7 Å². The summed E-state index contributed by atoms with van der Waals surface area (Å²) in [6.45, 7) is 0.365. The molecule has 1 unspecified atom stereocenters. The van der Waals surface area contributed by atoms with E-state index in [1.807, 2.05) is 0 Å². The molecule has 1 atom stereocenters. The van der Waals surface area contributed by atoms with Crippen LogP contribution in [0.4, 0.5) is 0 Å². The van der Waals surface area contributed by atoms with Crippen LogP contribution in [0.1, 0.15) is 38.5 Å². The molecule has 0 spiro atoms. The highest BCUT2D eigenvalue weighted by Crippen LogP contribution is 2.33. The minimum atomic E-state index is -3.38. The molecule has 17 heavy (non-hydrogen) atoms. The molecule has 0 aromatic carbocycles. The van der Waals surface area contributed by atoms with Gasteiger partial charge in [-0.2, -0.15) is 4.31 Å². The number of aliphatic carboxylic acids is 1. The Morgan fingerprint density at radius 2 is 1.94 bits per heavy atom. The molecule has 2 aliphatic rings. The first kappa shape index (κ1) is 12.8. The lowest BCUT2D eigenvalue weighted by Gasteiger charge is -2.31. The molecule has 6 heteroatoms. The second-order valence-electron chi connectivity index (χ2n) is 5.01. The van der Waals surface area contributed by atoms with Gasteiger partial charge in [0.25, 0.3) is 0 Å². The zero-order chi connectivity index (χ0) is 12.5. The molecule has 5 nitrogen and oxygen atoms in total. The number of sulfonamides is 1. The number of hydrogen-bond donors (Lipinski definition) is 1. The van der Waals surface area contributed by atoms with E-state index in [1.54, 1.807) is 0 Å². The summed E-state index contributed by atoms with van der Waals surface area (Å²) in [6, 6.07) is -0.840. The van der Waals surface area contributed by atoms with Crippen LogP contribution in [0.25, 0.3) is 0 Å². The number of piperidine rings is 1. The van der Waals surface area contributed by atoms with Gasteiger partial charge in [-0.15, -0.1) is 0 Å². The number of carbonyl (C=O) groups is 1. The van der Waals surface area contributed by atoms with Gasteiger partial charge in [-0.25, -0.2) is 8.42 Å². The quantitative estimate of drug-likeness (QED) is 0.803. The van der Waals surface area contributed by atoms with E-state index >= 15 is 0 Å². The maximum atomic E-state index is 12.1. The fraction of sp³-hybridized carbons (Fsp3) is 0.909. The Kier molecular flexibility index (Phi) is 3.73. The average Bonchev–Trinajstić information content (AvgIpc) is 3.10. The van der Waals surface area contributed by atoms with Crippen molar-refractivity contribution in [1.29, 1.82) is 0 Å². The Bertz CT molecular complexity index is 388. The van der Waals surface area contributed by atoms with Crippen molar-refractivity contribution < 1.29 is 18.3 Å². The molecular formula is C11H19NO4S. The van der Waals surface area contributed by atoms with Gasteiger partial charge in [0, 0.05) is 6.54 Å². The van der Waals surface area contributed by atoms with Crippen LogP contribution >= 0.6 is 0 Å². The van der Waals surface area contributed by atoms with Crippen LogP contribution in [0.3, 0.4) is 0 Å². The van der Waals surface area contributed by atoms with Gasteiger partial charge >= 0.3 is 5.97 Å². The highest BCUT2D eigenvalue weighted by molar-refractivity contribution is 7.89. The molecule has 98 valence electrons. The lowest BCUT2D eigenvalue weighted by molar-refractivity contribution is -0.142. The highest BCUT2D eigenvalue weighted by atomic mass is 32.2. The summed E-state index contributed by atoms with van der Waals surface area (Å²) in [5.41, 5.74) is 0. The molecule has 2 rings (SSSR count). The van der Waals surface area contributed by atoms with Gasteiger partial charge in [-0.05, 0) is 31.6 Å². The van der Waals surface area contributed by atoms with Gasteiger partial charge in [0.2, 0.25) is 10.0 Å². The van der Waals surface area contributed by atoms with Crippen LogP contribution in [0, 0.1) is 5.92 Å². The fourth-order valence-corrected chi connectivity index (χ4v) is 4.18. The molecule has 1 saturated heterocycles. The molecule has 0 amide bonds. The van der Waals surface area contributed by atoms with Crippen molar-refractivity contribution in [3.05, 3.63) is 0 Å². The summed E-state index contributed by atoms with van der Waals surface area (Å²) in [6.07, 6.45) is 4.94. The van der Waals surface area contributed by atoms with Crippen molar-refractivity contribution in [2.45, 2.75) is 44.6 Å².